The molecule has 1 aromatic carbocycles. The molecule has 0 radical (unpaired) electrons. The van der Waals surface area contributed by atoms with Crippen molar-refractivity contribution in [3.05, 3.63) is 34.9 Å². The lowest BCUT2D eigenvalue weighted by Gasteiger charge is -2.14. The second-order valence-corrected chi connectivity index (χ2v) is 4.63. The number of amides is 1. The summed E-state index contributed by atoms with van der Waals surface area (Å²) in [5, 5.41) is 11.7. The number of halogens is 1. The second-order valence-electron chi connectivity index (χ2n) is 4.19. The van der Waals surface area contributed by atoms with Gasteiger partial charge in [-0.05, 0) is 31.0 Å². The highest BCUT2D eigenvalue weighted by atomic mass is 35.5. The van der Waals surface area contributed by atoms with E-state index in [4.69, 9.17) is 21.4 Å². The summed E-state index contributed by atoms with van der Waals surface area (Å²) in [5.74, 6) is -1.43. The smallest absolute Gasteiger partial charge is 0.329 e. The van der Waals surface area contributed by atoms with Crippen LogP contribution in [0.4, 0.5) is 0 Å². The fourth-order valence-corrected chi connectivity index (χ4v) is 1.83. The third-order valence-corrected chi connectivity index (χ3v) is 2.53. The Balaban J connectivity index is 2.32. The third-order valence-electron chi connectivity index (χ3n) is 2.30. The Bertz CT molecular complexity index is 450. The van der Waals surface area contributed by atoms with Crippen LogP contribution in [0.1, 0.15) is 12.5 Å². The number of carboxylic acid groups (broad SMARTS) is 1. The third kappa shape index (κ3) is 6.79. The summed E-state index contributed by atoms with van der Waals surface area (Å²) in [6, 6.07) is 7.32. The van der Waals surface area contributed by atoms with Crippen LogP contribution in [-0.4, -0.2) is 36.2 Å². The zero-order chi connectivity index (χ0) is 14.3. The molecule has 0 fully saturated rings. The van der Waals surface area contributed by atoms with Gasteiger partial charge in [-0.1, -0.05) is 23.7 Å². The van der Waals surface area contributed by atoms with Gasteiger partial charge >= 0.3 is 5.97 Å². The van der Waals surface area contributed by atoms with Gasteiger partial charge in [0.2, 0.25) is 5.91 Å². The standard InChI is InChI=1S/C13H16ClNO4/c1-9(5-10-3-2-4-11(14)6-10)15-12(16)7-19-8-13(17)18/h2-4,6,9H,5,7-8H2,1H3,(H,15,16)(H,17,18). The van der Waals surface area contributed by atoms with E-state index in [0.717, 1.165) is 5.56 Å². The first-order valence-corrected chi connectivity index (χ1v) is 6.18. The molecule has 2 N–H and O–H groups in total. The molecule has 5 nitrogen and oxygen atoms in total. The number of aliphatic carboxylic acids is 1. The van der Waals surface area contributed by atoms with Crippen molar-refractivity contribution in [1.82, 2.24) is 5.32 Å². The van der Waals surface area contributed by atoms with Gasteiger partial charge in [0.1, 0.15) is 13.2 Å². The molecule has 0 bridgehead atoms. The second kappa shape index (κ2) is 7.76. The summed E-state index contributed by atoms with van der Waals surface area (Å²) in [5.41, 5.74) is 1.02. The maximum Gasteiger partial charge on any atom is 0.329 e. The average Bonchev–Trinajstić information content (AvgIpc) is 2.27. The quantitative estimate of drug-likeness (QED) is 0.796. The van der Waals surface area contributed by atoms with Crippen molar-refractivity contribution in [1.29, 1.82) is 0 Å². The molecular weight excluding hydrogens is 270 g/mol. The van der Waals surface area contributed by atoms with Crippen molar-refractivity contribution in [3.63, 3.8) is 0 Å². The zero-order valence-electron chi connectivity index (χ0n) is 10.6. The highest BCUT2D eigenvalue weighted by Crippen LogP contribution is 2.12. The fourth-order valence-electron chi connectivity index (χ4n) is 1.62. The minimum absolute atomic E-state index is 0.0839. The Hall–Kier alpha value is -1.59. The first-order valence-electron chi connectivity index (χ1n) is 5.80. The number of rotatable bonds is 7. The van der Waals surface area contributed by atoms with E-state index in [1.54, 1.807) is 6.07 Å². The van der Waals surface area contributed by atoms with Gasteiger partial charge in [-0.25, -0.2) is 4.79 Å². The van der Waals surface area contributed by atoms with Gasteiger partial charge in [0.25, 0.3) is 0 Å². The lowest BCUT2D eigenvalue weighted by atomic mass is 10.1. The average molecular weight is 286 g/mol. The molecular formula is C13H16ClNO4. The molecule has 0 saturated heterocycles. The van der Waals surface area contributed by atoms with E-state index in [-0.39, 0.29) is 18.6 Å². The molecule has 0 saturated carbocycles. The number of carbonyl (C=O) groups excluding carboxylic acids is 1. The molecule has 1 unspecified atom stereocenters. The number of carboxylic acids is 1. The van der Waals surface area contributed by atoms with Gasteiger partial charge in [-0.15, -0.1) is 0 Å². The molecule has 104 valence electrons. The molecule has 1 rings (SSSR count). The van der Waals surface area contributed by atoms with Gasteiger partial charge in [-0.2, -0.15) is 0 Å². The first kappa shape index (κ1) is 15.5. The predicted octanol–water partition coefficient (Wildman–Crippen LogP) is 1.49. The molecule has 0 spiro atoms. The van der Waals surface area contributed by atoms with E-state index in [0.29, 0.717) is 11.4 Å². The molecule has 0 aromatic heterocycles. The zero-order valence-corrected chi connectivity index (χ0v) is 11.3. The maximum atomic E-state index is 11.4. The van der Waals surface area contributed by atoms with Gasteiger partial charge in [0.05, 0.1) is 0 Å². The highest BCUT2D eigenvalue weighted by molar-refractivity contribution is 6.30. The van der Waals surface area contributed by atoms with Gasteiger partial charge in [0, 0.05) is 11.1 Å². The van der Waals surface area contributed by atoms with Gasteiger partial charge < -0.3 is 15.2 Å². The van der Waals surface area contributed by atoms with Crippen LogP contribution in [0.2, 0.25) is 5.02 Å². The van der Waals surface area contributed by atoms with Crippen LogP contribution in [0.15, 0.2) is 24.3 Å². The lowest BCUT2D eigenvalue weighted by molar-refractivity contribution is -0.143. The van der Waals surface area contributed by atoms with Crippen LogP contribution in [-0.2, 0) is 20.7 Å². The molecule has 1 amide bonds. The maximum absolute atomic E-state index is 11.4. The largest absolute Gasteiger partial charge is 0.480 e. The van der Waals surface area contributed by atoms with Crippen LogP contribution in [0.3, 0.4) is 0 Å². The summed E-state index contributed by atoms with van der Waals surface area (Å²) in [6.45, 7) is 1.12. The number of benzene rings is 1. The highest BCUT2D eigenvalue weighted by Gasteiger charge is 2.09. The minimum Gasteiger partial charge on any atom is -0.480 e. The molecule has 0 aliphatic rings. The van der Waals surface area contributed by atoms with E-state index in [2.05, 4.69) is 5.32 Å². The summed E-state index contributed by atoms with van der Waals surface area (Å²) in [7, 11) is 0. The van der Waals surface area contributed by atoms with Crippen molar-refractivity contribution >= 4 is 23.5 Å². The molecule has 0 aliphatic heterocycles. The lowest BCUT2D eigenvalue weighted by Crippen LogP contribution is -2.36. The number of carbonyl (C=O) groups is 2. The van der Waals surface area contributed by atoms with Crippen LogP contribution >= 0.6 is 11.6 Å². The molecule has 0 heterocycles. The molecule has 1 atom stereocenters. The number of ether oxygens (including phenoxy) is 1. The van der Waals surface area contributed by atoms with Crippen molar-refractivity contribution in [2.45, 2.75) is 19.4 Å². The summed E-state index contributed by atoms with van der Waals surface area (Å²) < 4.78 is 4.69. The van der Waals surface area contributed by atoms with E-state index in [1.165, 1.54) is 0 Å². The Morgan fingerprint density at radius 1 is 1.42 bits per heavy atom. The summed E-state index contributed by atoms with van der Waals surface area (Å²) in [4.78, 5) is 21.6. The molecule has 1 aromatic rings. The Labute approximate surface area is 116 Å². The molecule has 6 heteroatoms. The SMILES string of the molecule is CC(Cc1cccc(Cl)c1)NC(=O)COCC(=O)O. The first-order chi connectivity index (χ1) is 8.97. The summed E-state index contributed by atoms with van der Waals surface area (Å²) in [6.07, 6.45) is 0.644. The Kier molecular flexibility index (Phi) is 6.32. The van der Waals surface area contributed by atoms with E-state index in [9.17, 15) is 9.59 Å². The van der Waals surface area contributed by atoms with E-state index >= 15 is 0 Å². The van der Waals surface area contributed by atoms with Gasteiger partial charge in [0.15, 0.2) is 0 Å². The normalized spacial score (nSPS) is 11.9. The van der Waals surface area contributed by atoms with Crippen molar-refractivity contribution in [2.75, 3.05) is 13.2 Å². The number of hydrogen-bond acceptors (Lipinski definition) is 3. The topological polar surface area (TPSA) is 75.6 Å². The fraction of sp³-hybridized carbons (Fsp3) is 0.385. The Morgan fingerprint density at radius 3 is 2.79 bits per heavy atom. The van der Waals surface area contributed by atoms with Gasteiger partial charge in [-0.3, -0.25) is 4.79 Å². The van der Waals surface area contributed by atoms with Crippen LogP contribution in [0.5, 0.6) is 0 Å². The van der Waals surface area contributed by atoms with Crippen LogP contribution in [0, 0.1) is 0 Å². The van der Waals surface area contributed by atoms with E-state index in [1.807, 2.05) is 25.1 Å². The van der Waals surface area contributed by atoms with Crippen molar-refractivity contribution < 1.29 is 19.4 Å². The monoisotopic (exact) mass is 285 g/mol. The summed E-state index contributed by atoms with van der Waals surface area (Å²) >= 11 is 5.87. The molecule has 0 aliphatic carbocycles. The van der Waals surface area contributed by atoms with Crippen molar-refractivity contribution in [2.24, 2.45) is 0 Å². The van der Waals surface area contributed by atoms with Crippen LogP contribution < -0.4 is 5.32 Å². The van der Waals surface area contributed by atoms with Crippen LogP contribution in [0.25, 0.3) is 0 Å². The minimum atomic E-state index is -1.10. The Morgan fingerprint density at radius 2 is 2.16 bits per heavy atom. The predicted molar refractivity (Wildman–Crippen MR) is 71.2 cm³/mol. The van der Waals surface area contributed by atoms with Crippen molar-refractivity contribution in [3.8, 4) is 0 Å². The van der Waals surface area contributed by atoms with E-state index < -0.39 is 12.6 Å². The molecule has 19 heavy (non-hydrogen) atoms. The number of hydrogen-bond donors (Lipinski definition) is 2. The number of nitrogens with one attached hydrogen (secondary N) is 1.